The molecule has 0 radical (unpaired) electrons. The van der Waals surface area contributed by atoms with Crippen LogP contribution >= 0.6 is 0 Å². The highest BCUT2D eigenvalue weighted by Crippen LogP contribution is 2.18. The zero-order valence-corrected chi connectivity index (χ0v) is 12.1. The summed E-state index contributed by atoms with van der Waals surface area (Å²) in [7, 11) is -3.95. The molecule has 0 saturated carbocycles. The van der Waals surface area contributed by atoms with E-state index in [-0.39, 0.29) is 11.3 Å². The van der Waals surface area contributed by atoms with E-state index in [2.05, 4.69) is 4.72 Å². The van der Waals surface area contributed by atoms with Crippen LogP contribution in [0.4, 0.5) is 0 Å². The Balaban J connectivity index is 3.10. The Bertz CT molecular complexity index is 631. The Labute approximate surface area is 118 Å². The zero-order chi connectivity index (χ0) is 15.4. The van der Waals surface area contributed by atoms with E-state index in [0.29, 0.717) is 12.0 Å². The average Bonchev–Trinajstić information content (AvgIpc) is 2.38. The number of nitrogens with zero attached hydrogens (tertiary/aromatic N) is 1. The van der Waals surface area contributed by atoms with Crippen molar-refractivity contribution in [3.63, 3.8) is 0 Å². The van der Waals surface area contributed by atoms with Gasteiger partial charge in [0.15, 0.2) is 0 Å². The lowest BCUT2D eigenvalue weighted by atomic mass is 9.98. The van der Waals surface area contributed by atoms with Gasteiger partial charge in [-0.05, 0) is 37.6 Å². The Morgan fingerprint density at radius 2 is 1.95 bits per heavy atom. The molecule has 0 fully saturated rings. The molecular weight excluding hydrogens is 280 g/mol. The lowest BCUT2D eigenvalue weighted by Crippen LogP contribution is -2.51. The smallest absolute Gasteiger partial charge is 0.324 e. The first-order valence-corrected chi connectivity index (χ1v) is 7.51. The number of carboxylic acid groups (broad SMARTS) is 1. The monoisotopic (exact) mass is 296 g/mol. The fourth-order valence-corrected chi connectivity index (χ4v) is 3.16. The van der Waals surface area contributed by atoms with Crippen molar-refractivity contribution in [2.75, 3.05) is 0 Å². The summed E-state index contributed by atoms with van der Waals surface area (Å²) in [4.78, 5) is 11.2. The molecule has 7 heteroatoms. The van der Waals surface area contributed by atoms with E-state index in [9.17, 15) is 18.3 Å². The van der Waals surface area contributed by atoms with E-state index in [1.165, 1.54) is 31.2 Å². The van der Waals surface area contributed by atoms with Crippen molar-refractivity contribution < 1.29 is 18.3 Å². The van der Waals surface area contributed by atoms with Gasteiger partial charge in [0.25, 0.3) is 0 Å². The Kier molecular flexibility index (Phi) is 4.87. The van der Waals surface area contributed by atoms with Crippen LogP contribution in [0.2, 0.25) is 0 Å². The molecule has 0 aliphatic rings. The Hall–Kier alpha value is -1.91. The van der Waals surface area contributed by atoms with Crippen LogP contribution in [0.3, 0.4) is 0 Å². The van der Waals surface area contributed by atoms with E-state index in [1.54, 1.807) is 6.92 Å². The normalized spacial score (nSPS) is 14.2. The maximum Gasteiger partial charge on any atom is 0.324 e. The molecular formula is C13H16N2O4S. The van der Waals surface area contributed by atoms with Crippen LogP contribution in [-0.4, -0.2) is 25.0 Å². The number of sulfonamides is 1. The van der Waals surface area contributed by atoms with Crippen molar-refractivity contribution in [3.05, 3.63) is 29.8 Å². The van der Waals surface area contributed by atoms with Gasteiger partial charge in [0.2, 0.25) is 10.0 Å². The van der Waals surface area contributed by atoms with Gasteiger partial charge in [-0.1, -0.05) is 13.3 Å². The van der Waals surface area contributed by atoms with E-state index in [0.717, 1.165) is 0 Å². The number of nitrogens with one attached hydrogen (secondary N) is 1. The average molecular weight is 296 g/mol. The zero-order valence-electron chi connectivity index (χ0n) is 11.3. The summed E-state index contributed by atoms with van der Waals surface area (Å²) in [6.07, 6.45) is 0.705. The molecule has 1 unspecified atom stereocenters. The Morgan fingerprint density at radius 1 is 1.40 bits per heavy atom. The lowest BCUT2D eigenvalue weighted by Gasteiger charge is -2.25. The largest absolute Gasteiger partial charge is 0.480 e. The van der Waals surface area contributed by atoms with Gasteiger partial charge in [-0.2, -0.15) is 9.98 Å². The molecule has 1 aromatic carbocycles. The fourth-order valence-electron chi connectivity index (χ4n) is 1.77. The molecule has 0 saturated heterocycles. The molecule has 0 amide bonds. The summed E-state index contributed by atoms with van der Waals surface area (Å²) in [5, 5.41) is 17.9. The van der Waals surface area contributed by atoms with Crippen molar-refractivity contribution in [1.82, 2.24) is 4.72 Å². The van der Waals surface area contributed by atoms with Crippen LogP contribution in [0.15, 0.2) is 29.2 Å². The summed E-state index contributed by atoms with van der Waals surface area (Å²) in [5.74, 6) is -1.23. The quantitative estimate of drug-likeness (QED) is 0.826. The van der Waals surface area contributed by atoms with Crippen molar-refractivity contribution in [1.29, 1.82) is 5.26 Å². The van der Waals surface area contributed by atoms with Gasteiger partial charge in [0, 0.05) is 0 Å². The first-order chi connectivity index (χ1) is 9.25. The molecule has 20 heavy (non-hydrogen) atoms. The fraction of sp³-hybridized carbons (Fsp3) is 0.385. The van der Waals surface area contributed by atoms with Gasteiger partial charge in [0.1, 0.15) is 5.54 Å². The molecule has 1 rings (SSSR count). The first kappa shape index (κ1) is 16.1. The third-order valence-corrected chi connectivity index (χ3v) is 4.49. The molecule has 1 aromatic rings. The van der Waals surface area contributed by atoms with Gasteiger partial charge >= 0.3 is 5.97 Å². The summed E-state index contributed by atoms with van der Waals surface area (Å²) in [6.45, 7) is 3.11. The van der Waals surface area contributed by atoms with Gasteiger partial charge in [-0.25, -0.2) is 8.42 Å². The summed E-state index contributed by atoms with van der Waals surface area (Å²) >= 11 is 0. The van der Waals surface area contributed by atoms with Crippen LogP contribution in [-0.2, 0) is 14.8 Å². The number of hydrogen-bond donors (Lipinski definition) is 2. The lowest BCUT2D eigenvalue weighted by molar-refractivity contribution is -0.143. The number of hydrogen-bond acceptors (Lipinski definition) is 4. The number of nitriles is 1. The van der Waals surface area contributed by atoms with Gasteiger partial charge in [-0.15, -0.1) is 0 Å². The van der Waals surface area contributed by atoms with E-state index in [1.807, 2.05) is 6.07 Å². The minimum Gasteiger partial charge on any atom is -0.480 e. The van der Waals surface area contributed by atoms with Gasteiger partial charge < -0.3 is 5.11 Å². The predicted molar refractivity (Wildman–Crippen MR) is 72.4 cm³/mol. The molecule has 108 valence electrons. The second kappa shape index (κ2) is 6.03. The predicted octanol–water partition coefficient (Wildman–Crippen LogP) is 1.48. The van der Waals surface area contributed by atoms with E-state index < -0.39 is 21.5 Å². The molecule has 0 aromatic heterocycles. The maximum absolute atomic E-state index is 12.2. The molecule has 2 N–H and O–H groups in total. The molecule has 0 spiro atoms. The molecule has 6 nitrogen and oxygen atoms in total. The highest BCUT2D eigenvalue weighted by atomic mass is 32.2. The Morgan fingerprint density at radius 3 is 2.35 bits per heavy atom. The number of aliphatic carboxylic acids is 1. The van der Waals surface area contributed by atoms with Gasteiger partial charge in [0.05, 0.1) is 16.5 Å². The van der Waals surface area contributed by atoms with Gasteiger partial charge in [-0.3, -0.25) is 4.79 Å². The van der Waals surface area contributed by atoms with Crippen molar-refractivity contribution in [2.45, 2.75) is 37.1 Å². The van der Waals surface area contributed by atoms with Crippen LogP contribution < -0.4 is 4.72 Å². The molecule has 0 aliphatic heterocycles. The highest BCUT2D eigenvalue weighted by molar-refractivity contribution is 7.89. The number of carboxylic acids is 1. The standard InChI is InChI=1S/C13H16N2O4S/c1-3-8-13(2,12(16)17)15-20(18,19)11-6-4-10(9-14)5-7-11/h4-7,15H,3,8H2,1-2H3,(H,16,17). The second-order valence-electron chi connectivity index (χ2n) is 4.63. The van der Waals surface area contributed by atoms with E-state index in [4.69, 9.17) is 5.26 Å². The minimum atomic E-state index is -3.95. The molecule has 0 bridgehead atoms. The van der Waals surface area contributed by atoms with Crippen molar-refractivity contribution in [2.24, 2.45) is 0 Å². The molecule has 0 heterocycles. The molecule has 1 atom stereocenters. The number of rotatable bonds is 6. The molecule has 0 aliphatic carbocycles. The summed E-state index contributed by atoms with van der Waals surface area (Å²) in [5.41, 5.74) is -1.22. The van der Waals surface area contributed by atoms with Crippen LogP contribution in [0.25, 0.3) is 0 Å². The van der Waals surface area contributed by atoms with Crippen LogP contribution in [0, 0.1) is 11.3 Å². The van der Waals surface area contributed by atoms with Crippen molar-refractivity contribution in [3.8, 4) is 6.07 Å². The topological polar surface area (TPSA) is 107 Å². The van der Waals surface area contributed by atoms with Crippen LogP contribution in [0.1, 0.15) is 32.3 Å². The summed E-state index contributed by atoms with van der Waals surface area (Å²) < 4.78 is 26.6. The maximum atomic E-state index is 12.2. The van der Waals surface area contributed by atoms with E-state index >= 15 is 0 Å². The second-order valence-corrected chi connectivity index (χ2v) is 6.31. The summed E-state index contributed by atoms with van der Waals surface area (Å²) in [6, 6.07) is 7.16. The number of benzene rings is 1. The third-order valence-electron chi connectivity index (χ3n) is 2.88. The SMILES string of the molecule is CCCC(C)(NS(=O)(=O)c1ccc(C#N)cc1)C(=O)O. The number of carbonyl (C=O) groups is 1. The van der Waals surface area contributed by atoms with Crippen molar-refractivity contribution >= 4 is 16.0 Å². The highest BCUT2D eigenvalue weighted by Gasteiger charge is 2.36. The first-order valence-electron chi connectivity index (χ1n) is 6.02. The van der Waals surface area contributed by atoms with Crippen LogP contribution in [0.5, 0.6) is 0 Å². The minimum absolute atomic E-state index is 0.0694. The third kappa shape index (κ3) is 3.56.